The number of carbonyl (C=O) groups excluding carboxylic acids is 1. The molecule has 0 saturated carbocycles. The largest absolute Gasteiger partial charge is 0.508 e. The van der Waals surface area contributed by atoms with Crippen LogP contribution >= 0.6 is 0 Å². The SMILES string of the molecule is O=C(Nc1ccc(C(=O)O)c(F)c1)c1cc(O)ccc1O. The van der Waals surface area contributed by atoms with Crippen LogP contribution in [0.15, 0.2) is 36.4 Å². The lowest BCUT2D eigenvalue weighted by atomic mass is 10.1. The maximum atomic E-state index is 13.5. The maximum absolute atomic E-state index is 13.5. The van der Waals surface area contributed by atoms with Gasteiger partial charge >= 0.3 is 5.97 Å². The van der Waals surface area contributed by atoms with Crippen LogP contribution < -0.4 is 5.32 Å². The second-order valence-electron chi connectivity index (χ2n) is 4.16. The third-order valence-electron chi connectivity index (χ3n) is 2.68. The first kappa shape index (κ1) is 14.3. The van der Waals surface area contributed by atoms with Crippen LogP contribution in [0.2, 0.25) is 0 Å². The fourth-order valence-electron chi connectivity index (χ4n) is 1.67. The van der Waals surface area contributed by atoms with E-state index >= 15 is 0 Å². The maximum Gasteiger partial charge on any atom is 0.338 e. The number of hydrogen-bond donors (Lipinski definition) is 4. The first-order valence-corrected chi connectivity index (χ1v) is 5.74. The molecule has 0 spiro atoms. The summed E-state index contributed by atoms with van der Waals surface area (Å²) in [5, 5.41) is 29.8. The smallest absolute Gasteiger partial charge is 0.338 e. The van der Waals surface area contributed by atoms with Gasteiger partial charge in [-0.25, -0.2) is 9.18 Å². The zero-order valence-corrected chi connectivity index (χ0v) is 10.5. The predicted octanol–water partition coefficient (Wildman–Crippen LogP) is 2.19. The molecule has 0 atom stereocenters. The zero-order valence-electron chi connectivity index (χ0n) is 10.5. The number of carboxylic acids is 1. The molecule has 108 valence electrons. The molecule has 0 fully saturated rings. The van der Waals surface area contributed by atoms with Crippen molar-refractivity contribution in [1.82, 2.24) is 0 Å². The summed E-state index contributed by atoms with van der Waals surface area (Å²) in [7, 11) is 0. The number of amides is 1. The molecule has 1 amide bonds. The average molecular weight is 291 g/mol. The first-order valence-electron chi connectivity index (χ1n) is 5.74. The fourth-order valence-corrected chi connectivity index (χ4v) is 1.67. The first-order chi connectivity index (χ1) is 9.88. The van der Waals surface area contributed by atoms with Crippen LogP contribution in [0.1, 0.15) is 20.7 Å². The molecule has 2 aromatic rings. The Hall–Kier alpha value is -3.09. The van der Waals surface area contributed by atoms with Crippen LogP contribution in [0, 0.1) is 5.82 Å². The Morgan fingerprint density at radius 3 is 2.33 bits per heavy atom. The highest BCUT2D eigenvalue weighted by Gasteiger charge is 2.15. The topological polar surface area (TPSA) is 107 Å². The number of phenols is 2. The summed E-state index contributed by atoms with van der Waals surface area (Å²) in [4.78, 5) is 22.6. The van der Waals surface area contributed by atoms with Gasteiger partial charge in [0.25, 0.3) is 5.91 Å². The number of carbonyl (C=O) groups is 2. The third-order valence-corrected chi connectivity index (χ3v) is 2.68. The number of aromatic carboxylic acids is 1. The van der Waals surface area contributed by atoms with Crippen LogP contribution in [0.4, 0.5) is 10.1 Å². The predicted molar refractivity (Wildman–Crippen MR) is 71.1 cm³/mol. The van der Waals surface area contributed by atoms with Crippen molar-refractivity contribution in [1.29, 1.82) is 0 Å². The van der Waals surface area contributed by atoms with E-state index in [4.69, 9.17) is 5.11 Å². The minimum atomic E-state index is -1.42. The highest BCUT2D eigenvalue weighted by molar-refractivity contribution is 6.06. The lowest BCUT2D eigenvalue weighted by Gasteiger charge is -2.08. The van der Waals surface area contributed by atoms with E-state index in [1.807, 2.05) is 0 Å². The van der Waals surface area contributed by atoms with E-state index in [0.29, 0.717) is 0 Å². The molecule has 2 aromatic carbocycles. The minimum absolute atomic E-state index is 0.0187. The summed E-state index contributed by atoms with van der Waals surface area (Å²) in [6.07, 6.45) is 0. The van der Waals surface area contributed by atoms with Crippen molar-refractivity contribution in [2.75, 3.05) is 5.32 Å². The van der Waals surface area contributed by atoms with Crippen molar-refractivity contribution in [3.05, 3.63) is 53.3 Å². The van der Waals surface area contributed by atoms with Gasteiger partial charge in [-0.15, -0.1) is 0 Å². The van der Waals surface area contributed by atoms with Gasteiger partial charge in [0.2, 0.25) is 0 Å². The molecular formula is C14H10FNO5. The van der Waals surface area contributed by atoms with E-state index in [0.717, 1.165) is 24.3 Å². The summed E-state index contributed by atoms with van der Waals surface area (Å²) in [5.74, 6) is -3.76. The van der Waals surface area contributed by atoms with E-state index in [-0.39, 0.29) is 22.7 Å². The van der Waals surface area contributed by atoms with E-state index in [1.54, 1.807) is 0 Å². The molecule has 0 radical (unpaired) electrons. The van der Waals surface area contributed by atoms with Crippen molar-refractivity contribution in [2.24, 2.45) is 0 Å². The second-order valence-corrected chi connectivity index (χ2v) is 4.16. The van der Waals surface area contributed by atoms with E-state index in [9.17, 15) is 24.2 Å². The van der Waals surface area contributed by atoms with Gasteiger partial charge in [-0.3, -0.25) is 4.79 Å². The number of halogens is 1. The monoisotopic (exact) mass is 291 g/mol. The molecule has 0 aliphatic heterocycles. The van der Waals surface area contributed by atoms with Crippen LogP contribution in [0.5, 0.6) is 11.5 Å². The number of carboxylic acid groups (broad SMARTS) is 1. The molecule has 0 saturated heterocycles. The van der Waals surface area contributed by atoms with Gasteiger partial charge in [0.1, 0.15) is 17.3 Å². The van der Waals surface area contributed by atoms with Gasteiger partial charge in [-0.1, -0.05) is 0 Å². The Kier molecular flexibility index (Phi) is 3.75. The van der Waals surface area contributed by atoms with Crippen molar-refractivity contribution in [2.45, 2.75) is 0 Å². The zero-order chi connectivity index (χ0) is 15.6. The Bertz CT molecular complexity index is 729. The summed E-state index contributed by atoms with van der Waals surface area (Å²) in [6.45, 7) is 0. The van der Waals surface area contributed by atoms with Crippen LogP contribution in [-0.2, 0) is 0 Å². The summed E-state index contributed by atoms with van der Waals surface area (Å²) < 4.78 is 13.5. The summed E-state index contributed by atoms with van der Waals surface area (Å²) in [6, 6.07) is 6.46. The quantitative estimate of drug-likeness (QED) is 0.648. The van der Waals surface area contributed by atoms with E-state index in [1.165, 1.54) is 12.1 Å². The Morgan fingerprint density at radius 2 is 1.71 bits per heavy atom. The third kappa shape index (κ3) is 3.08. The number of nitrogens with one attached hydrogen (secondary N) is 1. The number of phenolic OH excluding ortho intramolecular Hbond substituents is 2. The van der Waals surface area contributed by atoms with Gasteiger partial charge in [-0.05, 0) is 36.4 Å². The molecule has 4 N–H and O–H groups in total. The Balaban J connectivity index is 2.26. The molecule has 0 aliphatic carbocycles. The molecule has 21 heavy (non-hydrogen) atoms. The number of benzene rings is 2. The number of aromatic hydroxyl groups is 2. The lowest BCUT2D eigenvalue weighted by Crippen LogP contribution is -2.12. The standard InChI is InChI=1S/C14H10FNO5/c15-11-5-7(1-3-9(11)14(20)21)16-13(19)10-6-8(17)2-4-12(10)18/h1-6,17-18H,(H,16,19)(H,20,21). The molecule has 0 aliphatic rings. The molecule has 2 rings (SSSR count). The summed E-state index contributed by atoms with van der Waals surface area (Å²) >= 11 is 0. The van der Waals surface area contributed by atoms with Gasteiger partial charge < -0.3 is 20.6 Å². The molecular weight excluding hydrogens is 281 g/mol. The van der Waals surface area contributed by atoms with E-state index in [2.05, 4.69) is 5.32 Å². The van der Waals surface area contributed by atoms with Crippen molar-refractivity contribution in [3.8, 4) is 11.5 Å². The van der Waals surface area contributed by atoms with Gasteiger partial charge in [0.05, 0.1) is 11.1 Å². The molecule has 0 heterocycles. The van der Waals surface area contributed by atoms with Crippen molar-refractivity contribution in [3.63, 3.8) is 0 Å². The lowest BCUT2D eigenvalue weighted by molar-refractivity contribution is 0.0691. The van der Waals surface area contributed by atoms with Gasteiger partial charge in [-0.2, -0.15) is 0 Å². The normalized spacial score (nSPS) is 10.1. The number of rotatable bonds is 3. The molecule has 0 unspecified atom stereocenters. The van der Waals surface area contributed by atoms with E-state index < -0.39 is 23.3 Å². The highest BCUT2D eigenvalue weighted by Crippen LogP contribution is 2.23. The van der Waals surface area contributed by atoms with Crippen LogP contribution in [0.3, 0.4) is 0 Å². The number of anilines is 1. The highest BCUT2D eigenvalue weighted by atomic mass is 19.1. The Labute approximate surface area is 118 Å². The van der Waals surface area contributed by atoms with Crippen molar-refractivity contribution < 1.29 is 29.3 Å². The molecule has 7 heteroatoms. The Morgan fingerprint density at radius 1 is 1.00 bits per heavy atom. The van der Waals surface area contributed by atoms with Gasteiger partial charge in [0.15, 0.2) is 0 Å². The number of hydrogen-bond acceptors (Lipinski definition) is 4. The van der Waals surface area contributed by atoms with Crippen molar-refractivity contribution >= 4 is 17.6 Å². The second kappa shape index (κ2) is 5.49. The molecule has 0 aromatic heterocycles. The van der Waals surface area contributed by atoms with Crippen LogP contribution in [0.25, 0.3) is 0 Å². The van der Waals surface area contributed by atoms with Crippen LogP contribution in [-0.4, -0.2) is 27.2 Å². The fraction of sp³-hybridized carbons (Fsp3) is 0. The average Bonchev–Trinajstić information content (AvgIpc) is 2.41. The molecule has 0 bridgehead atoms. The minimum Gasteiger partial charge on any atom is -0.508 e. The molecule has 6 nitrogen and oxygen atoms in total. The summed E-state index contributed by atoms with van der Waals surface area (Å²) in [5.41, 5.74) is -0.698. The van der Waals surface area contributed by atoms with Gasteiger partial charge in [0, 0.05) is 5.69 Å².